The van der Waals surface area contributed by atoms with Gasteiger partial charge >= 0.3 is 0 Å². The lowest BCUT2D eigenvalue weighted by atomic mass is 9.96. The van der Waals surface area contributed by atoms with Crippen LogP contribution in [0.15, 0.2) is 24.3 Å². The molecule has 1 aliphatic heterocycles. The fourth-order valence-electron chi connectivity index (χ4n) is 2.51. The molecule has 7 heteroatoms. The van der Waals surface area contributed by atoms with Gasteiger partial charge in [-0.15, -0.1) is 0 Å². The van der Waals surface area contributed by atoms with Gasteiger partial charge in [-0.3, -0.25) is 25.2 Å². The molecule has 0 radical (unpaired) electrons. The Labute approximate surface area is 141 Å². The van der Waals surface area contributed by atoms with Gasteiger partial charge in [0, 0.05) is 25.9 Å². The molecule has 0 aliphatic carbocycles. The quantitative estimate of drug-likeness (QED) is 0.797. The summed E-state index contributed by atoms with van der Waals surface area (Å²) < 4.78 is 5.33. The van der Waals surface area contributed by atoms with Gasteiger partial charge in [-0.05, 0) is 31.9 Å². The van der Waals surface area contributed by atoms with Gasteiger partial charge in [0.2, 0.25) is 11.8 Å². The molecule has 1 aliphatic rings. The van der Waals surface area contributed by atoms with E-state index < -0.39 is 5.91 Å². The van der Waals surface area contributed by atoms with Crippen LogP contribution in [0.25, 0.3) is 0 Å². The van der Waals surface area contributed by atoms with Crippen LogP contribution in [-0.2, 0) is 14.4 Å². The molecular weight excluding hydrogens is 310 g/mol. The van der Waals surface area contributed by atoms with Gasteiger partial charge in [0.25, 0.3) is 5.91 Å². The van der Waals surface area contributed by atoms with Gasteiger partial charge in [0.05, 0.1) is 0 Å². The summed E-state index contributed by atoms with van der Waals surface area (Å²) in [5.41, 5.74) is 5.88. The van der Waals surface area contributed by atoms with Crippen LogP contribution in [0.3, 0.4) is 0 Å². The number of nitrogens with one attached hydrogen (secondary N) is 2. The number of hydrogen-bond donors (Lipinski definition) is 2. The first-order valence-corrected chi connectivity index (χ1v) is 7.99. The molecule has 0 spiro atoms. The Morgan fingerprint density at radius 1 is 1.12 bits per heavy atom. The lowest BCUT2D eigenvalue weighted by molar-refractivity contribution is -0.135. The molecule has 7 nitrogen and oxygen atoms in total. The van der Waals surface area contributed by atoms with Crippen LogP contribution in [0.4, 0.5) is 0 Å². The van der Waals surface area contributed by atoms with Gasteiger partial charge in [0.1, 0.15) is 5.75 Å². The predicted octanol–water partition coefficient (Wildman–Crippen LogP) is 0.780. The van der Waals surface area contributed by atoms with Gasteiger partial charge in [-0.1, -0.05) is 17.7 Å². The molecule has 2 rings (SSSR count). The second-order valence-corrected chi connectivity index (χ2v) is 5.92. The number of carbonyl (C=O) groups is 3. The van der Waals surface area contributed by atoms with E-state index in [1.165, 1.54) is 6.92 Å². The first-order chi connectivity index (χ1) is 11.5. The van der Waals surface area contributed by atoms with Gasteiger partial charge in [-0.2, -0.15) is 0 Å². The number of hydrogen-bond acceptors (Lipinski definition) is 4. The fourth-order valence-corrected chi connectivity index (χ4v) is 2.51. The third kappa shape index (κ3) is 5.26. The maximum Gasteiger partial charge on any atom is 0.276 e. The Morgan fingerprint density at radius 2 is 1.75 bits per heavy atom. The van der Waals surface area contributed by atoms with Crippen molar-refractivity contribution in [2.75, 3.05) is 19.7 Å². The van der Waals surface area contributed by atoms with Crippen LogP contribution < -0.4 is 15.6 Å². The number of nitrogens with zero attached hydrogens (tertiary/aromatic N) is 1. The van der Waals surface area contributed by atoms with Crippen molar-refractivity contribution in [1.82, 2.24) is 15.8 Å². The first kappa shape index (κ1) is 17.8. The Balaban J connectivity index is 1.67. The number of piperidine rings is 1. The molecule has 0 saturated carbocycles. The Morgan fingerprint density at radius 3 is 2.33 bits per heavy atom. The van der Waals surface area contributed by atoms with Crippen LogP contribution in [0.5, 0.6) is 5.75 Å². The number of carbonyl (C=O) groups excluding carboxylic acids is 3. The fraction of sp³-hybridized carbons (Fsp3) is 0.471. The molecular formula is C17H23N3O4. The minimum Gasteiger partial charge on any atom is -0.484 e. The molecule has 130 valence electrons. The van der Waals surface area contributed by atoms with Gasteiger partial charge in [-0.25, -0.2) is 0 Å². The molecule has 2 N–H and O–H groups in total. The number of rotatable bonds is 4. The van der Waals surface area contributed by atoms with Crippen molar-refractivity contribution in [1.29, 1.82) is 0 Å². The maximum atomic E-state index is 12.0. The summed E-state index contributed by atoms with van der Waals surface area (Å²) in [4.78, 5) is 36.7. The summed E-state index contributed by atoms with van der Waals surface area (Å²) in [6, 6.07) is 7.35. The highest BCUT2D eigenvalue weighted by Gasteiger charge is 2.26. The molecule has 0 aromatic heterocycles. The van der Waals surface area contributed by atoms with Crippen molar-refractivity contribution >= 4 is 17.7 Å². The zero-order valence-corrected chi connectivity index (χ0v) is 14.0. The van der Waals surface area contributed by atoms with Crippen molar-refractivity contribution in [2.45, 2.75) is 26.7 Å². The maximum absolute atomic E-state index is 12.0. The third-order valence-corrected chi connectivity index (χ3v) is 4.03. The lowest BCUT2D eigenvalue weighted by Crippen LogP contribution is -2.49. The van der Waals surface area contributed by atoms with Crippen molar-refractivity contribution in [3.8, 4) is 5.75 Å². The van der Waals surface area contributed by atoms with Crippen LogP contribution in [0.2, 0.25) is 0 Å². The SMILES string of the molecule is CC(=O)N1CCC(C(=O)NNC(=O)COc2ccc(C)cc2)CC1. The monoisotopic (exact) mass is 333 g/mol. The van der Waals surface area contributed by atoms with Gasteiger partial charge < -0.3 is 9.64 Å². The molecule has 24 heavy (non-hydrogen) atoms. The largest absolute Gasteiger partial charge is 0.484 e. The van der Waals surface area contributed by atoms with E-state index in [0.29, 0.717) is 31.7 Å². The number of likely N-dealkylation sites (tertiary alicyclic amines) is 1. The Kier molecular flexibility index (Phi) is 6.17. The normalized spacial score (nSPS) is 14.8. The van der Waals surface area contributed by atoms with Crippen molar-refractivity contribution < 1.29 is 19.1 Å². The van der Waals surface area contributed by atoms with E-state index in [1.807, 2.05) is 19.1 Å². The lowest BCUT2D eigenvalue weighted by Gasteiger charge is -2.30. The second kappa shape index (κ2) is 8.33. The number of benzene rings is 1. The summed E-state index contributed by atoms with van der Waals surface area (Å²) in [6.45, 7) is 4.45. The standard InChI is InChI=1S/C17H23N3O4/c1-12-3-5-15(6-4-12)24-11-16(22)18-19-17(23)14-7-9-20(10-8-14)13(2)21/h3-6,14H,7-11H2,1-2H3,(H,18,22)(H,19,23). The average molecular weight is 333 g/mol. The summed E-state index contributed by atoms with van der Waals surface area (Å²) in [5, 5.41) is 0. The smallest absolute Gasteiger partial charge is 0.276 e. The van der Waals surface area contributed by atoms with E-state index in [9.17, 15) is 14.4 Å². The molecule has 3 amide bonds. The average Bonchev–Trinajstić information content (AvgIpc) is 2.59. The number of ether oxygens (including phenoxy) is 1. The highest BCUT2D eigenvalue weighted by atomic mass is 16.5. The third-order valence-electron chi connectivity index (χ3n) is 4.03. The minimum absolute atomic E-state index is 0.0235. The van der Waals surface area contributed by atoms with E-state index in [-0.39, 0.29) is 24.3 Å². The van der Waals surface area contributed by atoms with E-state index in [2.05, 4.69) is 10.9 Å². The highest BCUT2D eigenvalue weighted by Crippen LogP contribution is 2.17. The molecule has 0 bridgehead atoms. The summed E-state index contributed by atoms with van der Waals surface area (Å²) in [5.74, 6) is -0.236. The van der Waals surface area contributed by atoms with Crippen molar-refractivity contribution in [3.05, 3.63) is 29.8 Å². The molecule has 1 aromatic rings. The molecule has 1 aromatic carbocycles. The molecule has 1 saturated heterocycles. The Hall–Kier alpha value is -2.57. The predicted molar refractivity (Wildman–Crippen MR) is 87.9 cm³/mol. The number of aryl methyl sites for hydroxylation is 1. The van der Waals surface area contributed by atoms with Crippen LogP contribution in [0, 0.1) is 12.8 Å². The zero-order chi connectivity index (χ0) is 17.5. The van der Waals surface area contributed by atoms with E-state index in [4.69, 9.17) is 4.74 Å². The highest BCUT2D eigenvalue weighted by molar-refractivity contribution is 5.84. The minimum atomic E-state index is -0.426. The zero-order valence-electron chi connectivity index (χ0n) is 14.0. The second-order valence-electron chi connectivity index (χ2n) is 5.92. The number of amides is 3. The first-order valence-electron chi connectivity index (χ1n) is 7.99. The summed E-state index contributed by atoms with van der Waals surface area (Å²) in [6.07, 6.45) is 1.20. The van der Waals surface area contributed by atoms with Crippen LogP contribution >= 0.6 is 0 Å². The van der Waals surface area contributed by atoms with E-state index in [1.54, 1.807) is 17.0 Å². The topological polar surface area (TPSA) is 87.7 Å². The van der Waals surface area contributed by atoms with Crippen LogP contribution in [-0.4, -0.2) is 42.3 Å². The molecule has 1 fully saturated rings. The summed E-state index contributed by atoms with van der Waals surface area (Å²) in [7, 11) is 0. The molecule has 0 atom stereocenters. The van der Waals surface area contributed by atoms with E-state index >= 15 is 0 Å². The van der Waals surface area contributed by atoms with Crippen molar-refractivity contribution in [2.24, 2.45) is 5.92 Å². The Bertz CT molecular complexity index is 592. The van der Waals surface area contributed by atoms with Crippen LogP contribution in [0.1, 0.15) is 25.3 Å². The van der Waals surface area contributed by atoms with Gasteiger partial charge in [0.15, 0.2) is 6.61 Å². The number of hydrazine groups is 1. The van der Waals surface area contributed by atoms with E-state index in [0.717, 1.165) is 5.56 Å². The molecule has 1 heterocycles. The molecule has 0 unspecified atom stereocenters. The van der Waals surface area contributed by atoms with Crippen molar-refractivity contribution in [3.63, 3.8) is 0 Å². The summed E-state index contributed by atoms with van der Waals surface area (Å²) >= 11 is 0.